The molecule has 0 saturated carbocycles. The van der Waals surface area contributed by atoms with Crippen LogP contribution in [-0.4, -0.2) is 12.8 Å². The number of halogens is 1. The first-order chi connectivity index (χ1) is 6.96. The van der Waals surface area contributed by atoms with Crippen LogP contribution in [0.15, 0.2) is 23.1 Å². The Bertz CT molecular complexity index is 339. The van der Waals surface area contributed by atoms with Gasteiger partial charge in [-0.3, -0.25) is 0 Å². The van der Waals surface area contributed by atoms with Gasteiger partial charge in [-0.2, -0.15) is 0 Å². The first kappa shape index (κ1) is 8.18. The lowest BCUT2D eigenvalue weighted by atomic mass is 10.2. The predicted molar refractivity (Wildman–Crippen MR) is 62.0 cm³/mol. The summed E-state index contributed by atoms with van der Waals surface area (Å²) in [6.07, 6.45) is 0. The van der Waals surface area contributed by atoms with Crippen LogP contribution in [0.4, 0.5) is 0 Å². The molecule has 0 aliphatic rings. The van der Waals surface area contributed by atoms with Crippen molar-refractivity contribution in [1.29, 1.82) is 0 Å². The van der Waals surface area contributed by atoms with Gasteiger partial charge in [-0.15, -0.1) is 11.8 Å². The molecule has 72 valence electrons. The van der Waals surface area contributed by atoms with E-state index in [2.05, 4.69) is 15.9 Å². The van der Waals surface area contributed by atoms with E-state index in [1.54, 1.807) is 14.0 Å². The molecule has 1 aromatic rings. The van der Waals surface area contributed by atoms with Crippen LogP contribution in [-0.2, 0) is 5.33 Å². The number of ether oxygens (including phenoxy) is 1. The van der Waals surface area contributed by atoms with Crippen LogP contribution in [0, 0.1) is 0 Å². The third-order valence-corrected chi connectivity index (χ3v) is 3.05. The van der Waals surface area contributed by atoms with Crippen LogP contribution >= 0.6 is 27.7 Å². The van der Waals surface area contributed by atoms with E-state index >= 15 is 0 Å². The molecule has 0 heterocycles. The van der Waals surface area contributed by atoms with Crippen LogP contribution in [0.1, 0.15) is 15.2 Å². The molecular formula is C10H13BrOS. The highest BCUT2D eigenvalue weighted by Gasteiger charge is 2.02. The van der Waals surface area contributed by atoms with Crippen LogP contribution < -0.4 is 4.74 Å². The minimum Gasteiger partial charge on any atom is -0.497 e. The second-order valence-corrected chi connectivity index (χ2v) is 4.03. The fraction of sp³-hybridized carbons (Fsp3) is 0.400. The SMILES string of the molecule is [1H][13C@]([2H])(C)Sc1ccc(OC)cc1CBr. The highest BCUT2D eigenvalue weighted by Crippen LogP contribution is 2.27. The monoisotopic (exact) mass is 262 g/mol. The number of benzene rings is 1. The van der Waals surface area contributed by atoms with E-state index in [4.69, 9.17) is 7.48 Å². The highest BCUT2D eigenvalue weighted by atomic mass is 79.9. The molecule has 1 nitrogen and oxygen atoms in total. The molecule has 0 radical (unpaired) electrons. The van der Waals surface area contributed by atoms with Gasteiger partial charge in [0, 0.05) is 13.0 Å². The fourth-order valence-corrected chi connectivity index (χ4v) is 2.26. The van der Waals surface area contributed by atoms with Gasteiger partial charge >= 0.3 is 0 Å². The van der Waals surface area contributed by atoms with Crippen molar-refractivity contribution in [2.75, 3.05) is 12.8 Å². The van der Waals surface area contributed by atoms with Crippen molar-refractivity contribution in [2.45, 2.75) is 17.1 Å². The van der Waals surface area contributed by atoms with Gasteiger partial charge in [-0.1, -0.05) is 22.9 Å². The largest absolute Gasteiger partial charge is 0.497 e. The first-order valence-electron chi connectivity index (χ1n) is 4.88. The summed E-state index contributed by atoms with van der Waals surface area (Å²) in [5, 5.41) is 0.697. The van der Waals surface area contributed by atoms with Crippen LogP contribution in [0.2, 0.25) is 0 Å². The van der Waals surface area contributed by atoms with Gasteiger partial charge in [-0.05, 0) is 29.5 Å². The van der Waals surface area contributed by atoms with Gasteiger partial charge in [0.25, 0.3) is 0 Å². The normalized spacial score (nSPS) is 17.2. The summed E-state index contributed by atoms with van der Waals surface area (Å²) < 4.78 is 20.2. The summed E-state index contributed by atoms with van der Waals surface area (Å²) in [5.74, 6) is 0.797. The molecular weight excluding hydrogens is 249 g/mol. The molecule has 13 heavy (non-hydrogen) atoms. The zero-order valence-electron chi connectivity index (χ0n) is 9.63. The maximum absolute atomic E-state index is 7.52. The zero-order valence-corrected chi connectivity index (χ0v) is 10.0. The molecule has 0 amide bonds. The molecule has 0 spiro atoms. The average molecular weight is 263 g/mol. The molecule has 0 unspecified atom stereocenters. The van der Waals surface area contributed by atoms with Crippen molar-refractivity contribution in [3.63, 3.8) is 0 Å². The number of hydrogen-bond donors (Lipinski definition) is 0. The summed E-state index contributed by atoms with van der Waals surface area (Å²) in [7, 11) is 1.62. The molecule has 0 bridgehead atoms. The Morgan fingerprint density at radius 3 is 3.08 bits per heavy atom. The third kappa shape index (κ3) is 2.92. The van der Waals surface area contributed by atoms with Gasteiger partial charge in [0.05, 0.1) is 7.11 Å². The van der Waals surface area contributed by atoms with Crippen molar-refractivity contribution in [1.82, 2.24) is 0 Å². The molecule has 1 rings (SSSR count). The Morgan fingerprint density at radius 1 is 1.77 bits per heavy atom. The predicted octanol–water partition coefficient (Wildman–Crippen LogP) is 3.70. The van der Waals surface area contributed by atoms with Crippen molar-refractivity contribution in [2.24, 2.45) is 0 Å². The van der Waals surface area contributed by atoms with Gasteiger partial charge in [0.2, 0.25) is 0 Å². The fourth-order valence-electron chi connectivity index (χ4n) is 0.997. The first-order valence-corrected chi connectivity index (χ1v) is 5.82. The smallest absolute Gasteiger partial charge is 0.119 e. The minimum absolute atomic E-state index is 0.697. The zero-order chi connectivity index (χ0) is 11.5. The van der Waals surface area contributed by atoms with E-state index in [1.807, 2.05) is 18.2 Å². The molecule has 1 atom stereocenters. The van der Waals surface area contributed by atoms with E-state index in [0.29, 0.717) is 5.33 Å². The van der Waals surface area contributed by atoms with Crippen LogP contribution in [0.3, 0.4) is 0 Å². The Hall–Kier alpha value is -0.150. The summed E-state index contributed by atoms with van der Waals surface area (Å²) in [4.78, 5) is 0.945. The topological polar surface area (TPSA) is 9.23 Å². The summed E-state index contributed by atoms with van der Waals surface area (Å²) >= 11 is 4.61. The van der Waals surface area contributed by atoms with E-state index in [1.165, 1.54) is 11.8 Å². The Balaban J connectivity index is 2.97. The van der Waals surface area contributed by atoms with Gasteiger partial charge < -0.3 is 4.74 Å². The molecule has 0 saturated heterocycles. The second kappa shape index (κ2) is 5.55. The quantitative estimate of drug-likeness (QED) is 0.465. The van der Waals surface area contributed by atoms with E-state index < -0.39 is 5.70 Å². The minimum atomic E-state index is -1.26. The summed E-state index contributed by atoms with van der Waals surface area (Å²) in [5.41, 5.74) is -0.212. The molecule has 0 aromatic heterocycles. The maximum atomic E-state index is 7.52. The number of alkyl halides is 1. The lowest BCUT2D eigenvalue weighted by Gasteiger charge is -2.07. The Morgan fingerprint density at radius 2 is 2.54 bits per heavy atom. The Kier molecular flexibility index (Phi) is 3.50. The van der Waals surface area contributed by atoms with Crippen molar-refractivity contribution in [3.8, 4) is 5.75 Å². The average Bonchev–Trinajstić information content (AvgIpc) is 2.16. The second-order valence-electron chi connectivity index (χ2n) is 2.41. The van der Waals surface area contributed by atoms with Crippen LogP contribution in [0.5, 0.6) is 5.75 Å². The third-order valence-electron chi connectivity index (χ3n) is 1.62. The van der Waals surface area contributed by atoms with E-state index in [-0.39, 0.29) is 0 Å². The molecule has 3 heteroatoms. The number of hydrogen-bond acceptors (Lipinski definition) is 2. The van der Waals surface area contributed by atoms with Crippen LogP contribution in [0.25, 0.3) is 0 Å². The standard InChI is InChI=1S/C10H13BrOS/c1-3-13-10-5-4-9(12-2)6-8(10)7-11/h4-6H,3,7H2,1-2H3/i3+1DH/t3-/m0/s1. The van der Waals surface area contributed by atoms with Crippen molar-refractivity contribution in [3.05, 3.63) is 23.8 Å². The summed E-state index contributed by atoms with van der Waals surface area (Å²) in [6.45, 7) is 1.56. The van der Waals surface area contributed by atoms with Gasteiger partial charge in [0.1, 0.15) is 5.75 Å². The molecule has 0 aliphatic carbocycles. The van der Waals surface area contributed by atoms with Crippen molar-refractivity contribution >= 4 is 27.7 Å². The lowest BCUT2D eigenvalue weighted by molar-refractivity contribution is 0.414. The van der Waals surface area contributed by atoms with Gasteiger partial charge in [0.15, 0.2) is 0 Å². The Labute approximate surface area is 94.8 Å². The van der Waals surface area contributed by atoms with E-state index in [0.717, 1.165) is 16.2 Å². The maximum Gasteiger partial charge on any atom is 0.119 e. The molecule has 0 fully saturated rings. The molecule has 1 aromatic carbocycles. The summed E-state index contributed by atoms with van der Waals surface area (Å²) in [6, 6.07) is 5.66. The van der Waals surface area contributed by atoms with E-state index in [9.17, 15) is 0 Å². The number of methoxy groups -OCH3 is 1. The van der Waals surface area contributed by atoms with Crippen molar-refractivity contribution < 1.29 is 7.48 Å². The number of thioether (sulfide) groups is 1. The lowest BCUT2D eigenvalue weighted by Crippen LogP contribution is -1.88. The number of rotatable bonds is 4. The highest BCUT2D eigenvalue weighted by molar-refractivity contribution is 9.08. The molecule has 0 N–H and O–H groups in total. The van der Waals surface area contributed by atoms with Gasteiger partial charge in [-0.25, -0.2) is 0 Å². The molecule has 0 aliphatic heterocycles.